The third-order valence-corrected chi connectivity index (χ3v) is 5.03. The average molecular weight is 382 g/mol. The van der Waals surface area contributed by atoms with Crippen molar-refractivity contribution < 1.29 is 13.9 Å². The SMILES string of the molecule is C=CCOc1ccc(-c2oc3c(CC=C)ccc4c3c2C=C(CC=C)C4=O)cc1. The molecule has 0 unspecified atom stereocenters. The molecule has 0 atom stereocenters. The standard InChI is InChI=1S/C26H22O3/c1-4-7-17-11-14-21-23-22(16-19(8-5-2)24(21)27)25(29-26(17)23)18-9-12-20(13-10-18)28-15-6-3/h4-6,9-14,16H,1-3,7-8,15H2. The maximum Gasteiger partial charge on any atom is 0.190 e. The molecular formula is C26H22O3. The molecule has 0 spiro atoms. The summed E-state index contributed by atoms with van der Waals surface area (Å²) in [5.41, 5.74) is 5.05. The van der Waals surface area contributed by atoms with E-state index < -0.39 is 0 Å². The van der Waals surface area contributed by atoms with E-state index in [1.54, 1.807) is 12.2 Å². The molecule has 0 saturated heterocycles. The van der Waals surface area contributed by atoms with E-state index in [0.29, 0.717) is 25.0 Å². The third-order valence-electron chi connectivity index (χ3n) is 5.03. The Hall–Kier alpha value is -3.59. The lowest BCUT2D eigenvalue weighted by Crippen LogP contribution is -2.08. The Labute approximate surface area is 170 Å². The quantitative estimate of drug-likeness (QED) is 0.415. The summed E-state index contributed by atoms with van der Waals surface area (Å²) >= 11 is 0. The molecule has 3 nitrogen and oxygen atoms in total. The molecule has 1 heterocycles. The monoisotopic (exact) mass is 382 g/mol. The van der Waals surface area contributed by atoms with Gasteiger partial charge in [-0.05, 0) is 54.8 Å². The minimum atomic E-state index is 0.0353. The fourth-order valence-corrected chi connectivity index (χ4v) is 3.72. The molecule has 1 aliphatic carbocycles. The number of Topliss-reactive ketones (excluding diaryl/α,β-unsaturated/α-hetero) is 1. The van der Waals surface area contributed by atoms with Crippen molar-refractivity contribution in [2.75, 3.05) is 6.61 Å². The molecule has 0 amide bonds. The van der Waals surface area contributed by atoms with E-state index in [1.807, 2.05) is 48.6 Å². The number of rotatable bonds is 8. The van der Waals surface area contributed by atoms with E-state index in [4.69, 9.17) is 9.15 Å². The Morgan fingerprint density at radius 3 is 2.38 bits per heavy atom. The van der Waals surface area contributed by atoms with Crippen LogP contribution in [0.3, 0.4) is 0 Å². The molecular weight excluding hydrogens is 360 g/mol. The Bertz CT molecular complexity index is 1160. The first-order valence-corrected chi connectivity index (χ1v) is 9.57. The van der Waals surface area contributed by atoms with Gasteiger partial charge in [-0.2, -0.15) is 0 Å². The lowest BCUT2D eigenvalue weighted by atomic mass is 9.87. The van der Waals surface area contributed by atoms with Crippen LogP contribution in [0.5, 0.6) is 5.75 Å². The van der Waals surface area contributed by atoms with Gasteiger partial charge in [0.05, 0.1) is 0 Å². The molecule has 0 fully saturated rings. The molecule has 1 aliphatic rings. The van der Waals surface area contributed by atoms with Crippen LogP contribution >= 0.6 is 0 Å². The maximum absolute atomic E-state index is 13.0. The molecule has 29 heavy (non-hydrogen) atoms. The highest BCUT2D eigenvalue weighted by Crippen LogP contribution is 2.42. The van der Waals surface area contributed by atoms with Crippen molar-refractivity contribution in [2.24, 2.45) is 0 Å². The van der Waals surface area contributed by atoms with Crippen molar-refractivity contribution in [3.8, 4) is 17.1 Å². The summed E-state index contributed by atoms with van der Waals surface area (Å²) < 4.78 is 11.9. The first-order chi connectivity index (χ1) is 14.2. The van der Waals surface area contributed by atoms with Crippen LogP contribution in [0.2, 0.25) is 0 Å². The molecule has 3 aromatic rings. The molecule has 4 rings (SSSR count). The minimum Gasteiger partial charge on any atom is -0.490 e. The fourth-order valence-electron chi connectivity index (χ4n) is 3.72. The minimum absolute atomic E-state index is 0.0353. The second kappa shape index (κ2) is 7.80. The van der Waals surface area contributed by atoms with Gasteiger partial charge in [-0.1, -0.05) is 30.9 Å². The van der Waals surface area contributed by atoms with Crippen molar-refractivity contribution in [3.05, 3.63) is 96.6 Å². The summed E-state index contributed by atoms with van der Waals surface area (Å²) in [7, 11) is 0. The molecule has 0 saturated carbocycles. The Balaban J connectivity index is 1.91. The summed E-state index contributed by atoms with van der Waals surface area (Å²) in [6.45, 7) is 11.8. The van der Waals surface area contributed by atoms with Gasteiger partial charge in [0, 0.05) is 27.6 Å². The highest BCUT2D eigenvalue weighted by molar-refractivity contribution is 6.24. The van der Waals surface area contributed by atoms with Gasteiger partial charge >= 0.3 is 0 Å². The lowest BCUT2D eigenvalue weighted by Gasteiger charge is -2.13. The number of carbonyl (C=O) groups is 1. The normalized spacial score (nSPS) is 12.6. The van der Waals surface area contributed by atoms with Crippen LogP contribution in [0.25, 0.3) is 28.4 Å². The summed E-state index contributed by atoms with van der Waals surface area (Å²) in [5, 5.41) is 0.879. The van der Waals surface area contributed by atoms with Gasteiger partial charge in [0.25, 0.3) is 0 Å². The predicted octanol–water partition coefficient (Wildman–Crippen LogP) is 6.55. The second-order valence-corrected chi connectivity index (χ2v) is 6.93. The largest absolute Gasteiger partial charge is 0.490 e. The van der Waals surface area contributed by atoms with E-state index in [0.717, 1.165) is 44.7 Å². The molecule has 144 valence electrons. The van der Waals surface area contributed by atoms with Crippen LogP contribution in [0, 0.1) is 0 Å². The molecule has 0 N–H and O–H groups in total. The smallest absolute Gasteiger partial charge is 0.190 e. The highest BCUT2D eigenvalue weighted by Gasteiger charge is 2.28. The van der Waals surface area contributed by atoms with Crippen molar-refractivity contribution in [3.63, 3.8) is 0 Å². The van der Waals surface area contributed by atoms with E-state index in [9.17, 15) is 4.79 Å². The summed E-state index contributed by atoms with van der Waals surface area (Å²) in [5.74, 6) is 1.56. The summed E-state index contributed by atoms with van der Waals surface area (Å²) in [6, 6.07) is 11.6. The molecule has 0 bridgehead atoms. The molecule has 0 aliphatic heterocycles. The highest BCUT2D eigenvalue weighted by atomic mass is 16.5. The molecule has 2 aromatic carbocycles. The zero-order chi connectivity index (χ0) is 20.4. The Morgan fingerprint density at radius 2 is 1.69 bits per heavy atom. The maximum atomic E-state index is 13.0. The van der Waals surface area contributed by atoms with Gasteiger partial charge in [-0.25, -0.2) is 0 Å². The zero-order valence-electron chi connectivity index (χ0n) is 16.2. The van der Waals surface area contributed by atoms with Gasteiger partial charge < -0.3 is 9.15 Å². The van der Waals surface area contributed by atoms with Gasteiger partial charge in [0.2, 0.25) is 0 Å². The number of carbonyl (C=O) groups excluding carboxylic acids is 1. The summed E-state index contributed by atoms with van der Waals surface area (Å²) in [6.07, 6.45) is 8.45. The van der Waals surface area contributed by atoms with Gasteiger partial charge in [0.1, 0.15) is 23.7 Å². The number of hydrogen-bond acceptors (Lipinski definition) is 3. The number of benzene rings is 2. The molecule has 3 heteroatoms. The van der Waals surface area contributed by atoms with Crippen LogP contribution < -0.4 is 4.74 Å². The number of ketones is 1. The number of ether oxygens (including phenoxy) is 1. The number of furan rings is 1. The van der Waals surface area contributed by atoms with Crippen molar-refractivity contribution in [1.29, 1.82) is 0 Å². The third kappa shape index (κ3) is 3.25. The van der Waals surface area contributed by atoms with Crippen LogP contribution in [-0.2, 0) is 6.42 Å². The van der Waals surface area contributed by atoms with Crippen molar-refractivity contribution in [1.82, 2.24) is 0 Å². The van der Waals surface area contributed by atoms with Gasteiger partial charge in [-0.15, -0.1) is 13.2 Å². The average Bonchev–Trinajstić information content (AvgIpc) is 3.12. The van der Waals surface area contributed by atoms with E-state index >= 15 is 0 Å². The van der Waals surface area contributed by atoms with Gasteiger partial charge in [-0.3, -0.25) is 4.79 Å². The first kappa shape index (κ1) is 18.8. The van der Waals surface area contributed by atoms with E-state index in [1.165, 1.54) is 0 Å². The topological polar surface area (TPSA) is 39.4 Å². The van der Waals surface area contributed by atoms with Crippen molar-refractivity contribution in [2.45, 2.75) is 12.8 Å². The molecule has 1 aromatic heterocycles. The van der Waals surface area contributed by atoms with E-state index in [2.05, 4.69) is 19.7 Å². The zero-order valence-corrected chi connectivity index (χ0v) is 16.2. The Kier molecular flexibility index (Phi) is 5.05. The fraction of sp³-hybridized carbons (Fsp3) is 0.115. The van der Waals surface area contributed by atoms with Crippen LogP contribution in [0.1, 0.15) is 27.9 Å². The first-order valence-electron chi connectivity index (χ1n) is 9.57. The van der Waals surface area contributed by atoms with Crippen molar-refractivity contribution >= 4 is 22.8 Å². The van der Waals surface area contributed by atoms with Crippen LogP contribution in [0.4, 0.5) is 0 Å². The second-order valence-electron chi connectivity index (χ2n) is 6.93. The van der Waals surface area contributed by atoms with Gasteiger partial charge in [0.15, 0.2) is 5.78 Å². The Morgan fingerprint density at radius 1 is 0.931 bits per heavy atom. The lowest BCUT2D eigenvalue weighted by molar-refractivity contribution is 0.103. The number of hydrogen-bond donors (Lipinski definition) is 0. The predicted molar refractivity (Wildman–Crippen MR) is 118 cm³/mol. The number of allylic oxidation sites excluding steroid dienone is 3. The summed E-state index contributed by atoms with van der Waals surface area (Å²) in [4.78, 5) is 13.0. The van der Waals surface area contributed by atoms with Crippen LogP contribution in [-0.4, -0.2) is 12.4 Å². The molecule has 0 radical (unpaired) electrons. The van der Waals surface area contributed by atoms with Crippen LogP contribution in [0.15, 0.2) is 84.4 Å². The van der Waals surface area contributed by atoms with E-state index in [-0.39, 0.29) is 5.78 Å².